The zero-order valence-electron chi connectivity index (χ0n) is 13.8. The van der Waals surface area contributed by atoms with Crippen molar-refractivity contribution in [2.45, 2.75) is 23.9 Å². The highest BCUT2D eigenvalue weighted by atomic mass is 32.2. The third kappa shape index (κ3) is 4.42. The molecule has 0 unspecified atom stereocenters. The van der Waals surface area contributed by atoms with Crippen molar-refractivity contribution in [3.05, 3.63) is 48.2 Å². The molecule has 2 heterocycles. The Morgan fingerprint density at radius 3 is 2.76 bits per heavy atom. The van der Waals surface area contributed by atoms with Gasteiger partial charge in [0.2, 0.25) is 5.91 Å². The standard InChI is InChI=1S/C17H17N3O4S/c1-11(15(21)18-10-12-5-7-13(22-2)8-6-12)25-17-20-19-16(24-17)14-4-3-9-23-14/h3-9,11H,10H2,1-2H3,(H,18,21)/t11-/m1/s1. The number of furan rings is 1. The topological polar surface area (TPSA) is 90.4 Å². The van der Waals surface area contributed by atoms with Gasteiger partial charge in [0.25, 0.3) is 11.1 Å². The minimum atomic E-state index is -0.372. The fourth-order valence-corrected chi connectivity index (χ4v) is 2.75. The summed E-state index contributed by atoms with van der Waals surface area (Å²) < 4.78 is 15.8. The van der Waals surface area contributed by atoms with E-state index < -0.39 is 0 Å². The molecule has 0 radical (unpaired) electrons. The van der Waals surface area contributed by atoms with E-state index in [0.717, 1.165) is 11.3 Å². The number of ether oxygens (including phenoxy) is 1. The van der Waals surface area contributed by atoms with Crippen LogP contribution >= 0.6 is 11.8 Å². The summed E-state index contributed by atoms with van der Waals surface area (Å²) in [5.41, 5.74) is 0.990. The number of nitrogens with one attached hydrogen (secondary N) is 1. The van der Waals surface area contributed by atoms with Crippen LogP contribution in [0.15, 0.2) is 56.7 Å². The van der Waals surface area contributed by atoms with Crippen LogP contribution in [0.2, 0.25) is 0 Å². The van der Waals surface area contributed by atoms with Crippen LogP contribution in [0.4, 0.5) is 0 Å². The van der Waals surface area contributed by atoms with Crippen molar-refractivity contribution in [2.24, 2.45) is 0 Å². The molecule has 0 aliphatic heterocycles. The van der Waals surface area contributed by atoms with Crippen LogP contribution in [0.3, 0.4) is 0 Å². The van der Waals surface area contributed by atoms with Crippen LogP contribution in [0, 0.1) is 0 Å². The lowest BCUT2D eigenvalue weighted by Gasteiger charge is -2.10. The number of amides is 1. The predicted molar refractivity (Wildman–Crippen MR) is 92.2 cm³/mol. The third-order valence-corrected chi connectivity index (χ3v) is 4.35. The van der Waals surface area contributed by atoms with Crippen molar-refractivity contribution in [1.82, 2.24) is 15.5 Å². The first-order valence-electron chi connectivity index (χ1n) is 7.60. The van der Waals surface area contributed by atoms with Gasteiger partial charge < -0.3 is 18.9 Å². The van der Waals surface area contributed by atoms with Crippen LogP contribution in [-0.2, 0) is 11.3 Å². The molecule has 1 amide bonds. The summed E-state index contributed by atoms with van der Waals surface area (Å²) >= 11 is 1.20. The maximum absolute atomic E-state index is 12.2. The van der Waals surface area contributed by atoms with Crippen molar-refractivity contribution in [2.75, 3.05) is 7.11 Å². The molecule has 0 saturated heterocycles. The minimum Gasteiger partial charge on any atom is -0.497 e. The monoisotopic (exact) mass is 359 g/mol. The van der Waals surface area contributed by atoms with E-state index in [1.165, 1.54) is 18.0 Å². The summed E-state index contributed by atoms with van der Waals surface area (Å²) in [5, 5.41) is 10.7. The highest BCUT2D eigenvalue weighted by Gasteiger charge is 2.19. The summed E-state index contributed by atoms with van der Waals surface area (Å²) in [6.07, 6.45) is 1.53. The van der Waals surface area contributed by atoms with Gasteiger partial charge in [-0.3, -0.25) is 4.79 Å². The number of methoxy groups -OCH3 is 1. The molecule has 0 spiro atoms. The lowest BCUT2D eigenvalue weighted by atomic mass is 10.2. The van der Waals surface area contributed by atoms with Crippen molar-refractivity contribution < 1.29 is 18.4 Å². The van der Waals surface area contributed by atoms with E-state index in [0.29, 0.717) is 23.4 Å². The molecule has 0 fully saturated rings. The fourth-order valence-electron chi connectivity index (χ4n) is 2.04. The van der Waals surface area contributed by atoms with Crippen molar-refractivity contribution in [3.63, 3.8) is 0 Å². The maximum Gasteiger partial charge on any atom is 0.284 e. The van der Waals surface area contributed by atoms with Gasteiger partial charge in [-0.2, -0.15) is 0 Å². The molecule has 3 rings (SSSR count). The summed E-state index contributed by atoms with van der Waals surface area (Å²) in [6.45, 7) is 2.22. The number of thioether (sulfide) groups is 1. The Morgan fingerprint density at radius 1 is 1.28 bits per heavy atom. The molecule has 7 nitrogen and oxygen atoms in total. The quantitative estimate of drug-likeness (QED) is 0.648. The number of hydrogen-bond donors (Lipinski definition) is 1. The minimum absolute atomic E-state index is 0.112. The molecule has 25 heavy (non-hydrogen) atoms. The SMILES string of the molecule is COc1ccc(CNC(=O)[C@@H](C)Sc2nnc(-c3ccco3)o2)cc1. The predicted octanol–water partition coefficient (Wildman–Crippen LogP) is 3.14. The van der Waals surface area contributed by atoms with Gasteiger partial charge >= 0.3 is 0 Å². The Kier molecular flexibility index (Phi) is 5.39. The first kappa shape index (κ1) is 17.1. The molecule has 0 aliphatic carbocycles. The lowest BCUT2D eigenvalue weighted by Crippen LogP contribution is -2.30. The average Bonchev–Trinajstić information content (AvgIpc) is 3.31. The van der Waals surface area contributed by atoms with Gasteiger partial charge in [-0.1, -0.05) is 23.9 Å². The smallest absolute Gasteiger partial charge is 0.284 e. The number of carbonyl (C=O) groups is 1. The first-order valence-corrected chi connectivity index (χ1v) is 8.48. The second kappa shape index (κ2) is 7.89. The van der Waals surface area contributed by atoms with Gasteiger partial charge in [-0.25, -0.2) is 0 Å². The summed E-state index contributed by atoms with van der Waals surface area (Å²) in [5.74, 6) is 1.45. The van der Waals surface area contributed by atoms with Crippen molar-refractivity contribution >= 4 is 17.7 Å². The molecule has 0 aliphatic rings. The summed E-state index contributed by atoms with van der Waals surface area (Å²) in [4.78, 5) is 12.2. The molecule has 130 valence electrons. The van der Waals surface area contributed by atoms with E-state index in [9.17, 15) is 4.79 Å². The van der Waals surface area contributed by atoms with E-state index in [2.05, 4.69) is 15.5 Å². The Labute approximate surface area is 148 Å². The van der Waals surface area contributed by atoms with Crippen molar-refractivity contribution in [1.29, 1.82) is 0 Å². The largest absolute Gasteiger partial charge is 0.497 e. The molecule has 2 aromatic heterocycles. The number of nitrogens with zero attached hydrogens (tertiary/aromatic N) is 2. The van der Waals surface area contributed by atoms with Gasteiger partial charge in [0.1, 0.15) is 5.75 Å². The van der Waals surface area contributed by atoms with Gasteiger partial charge in [0.15, 0.2) is 5.76 Å². The van der Waals surface area contributed by atoms with Crippen LogP contribution in [0.5, 0.6) is 5.75 Å². The Balaban J connectivity index is 1.52. The second-order valence-corrected chi connectivity index (χ2v) is 6.47. The Morgan fingerprint density at radius 2 is 2.08 bits per heavy atom. The van der Waals surface area contributed by atoms with E-state index >= 15 is 0 Å². The number of carbonyl (C=O) groups excluding carboxylic acids is 1. The van der Waals surface area contributed by atoms with Gasteiger partial charge in [0, 0.05) is 6.54 Å². The zero-order chi connectivity index (χ0) is 17.6. The molecule has 1 N–H and O–H groups in total. The lowest BCUT2D eigenvalue weighted by molar-refractivity contribution is -0.120. The number of hydrogen-bond acceptors (Lipinski definition) is 7. The number of aromatic nitrogens is 2. The molecular weight excluding hydrogens is 342 g/mol. The second-order valence-electron chi connectivity index (χ2n) is 5.18. The van der Waals surface area contributed by atoms with Crippen LogP contribution in [0.1, 0.15) is 12.5 Å². The Hall–Kier alpha value is -2.74. The van der Waals surface area contributed by atoms with Gasteiger partial charge in [-0.15, -0.1) is 10.2 Å². The van der Waals surface area contributed by atoms with E-state index in [-0.39, 0.29) is 11.2 Å². The van der Waals surface area contributed by atoms with E-state index in [4.69, 9.17) is 13.6 Å². The molecule has 0 saturated carbocycles. The van der Waals surface area contributed by atoms with Gasteiger partial charge in [-0.05, 0) is 36.8 Å². The van der Waals surface area contributed by atoms with Crippen molar-refractivity contribution in [3.8, 4) is 17.4 Å². The highest BCUT2D eigenvalue weighted by molar-refractivity contribution is 8.00. The average molecular weight is 359 g/mol. The summed E-state index contributed by atoms with van der Waals surface area (Å²) in [7, 11) is 1.62. The fraction of sp³-hybridized carbons (Fsp3) is 0.235. The summed E-state index contributed by atoms with van der Waals surface area (Å²) in [6, 6.07) is 11.0. The third-order valence-electron chi connectivity index (χ3n) is 3.41. The Bertz CT molecular complexity index is 815. The van der Waals surface area contributed by atoms with Crippen LogP contribution in [-0.4, -0.2) is 28.5 Å². The maximum atomic E-state index is 12.2. The van der Waals surface area contributed by atoms with Gasteiger partial charge in [0.05, 0.1) is 18.6 Å². The van der Waals surface area contributed by atoms with Crippen LogP contribution < -0.4 is 10.1 Å². The highest BCUT2D eigenvalue weighted by Crippen LogP contribution is 2.26. The molecule has 1 aromatic carbocycles. The molecule has 1 atom stereocenters. The normalized spacial score (nSPS) is 11.9. The first-order chi connectivity index (χ1) is 12.2. The molecular formula is C17H17N3O4S. The zero-order valence-corrected chi connectivity index (χ0v) is 14.6. The number of benzene rings is 1. The molecule has 8 heteroatoms. The van der Waals surface area contributed by atoms with E-state index in [1.807, 2.05) is 24.3 Å². The molecule has 3 aromatic rings. The molecule has 0 bridgehead atoms. The van der Waals surface area contributed by atoms with Crippen LogP contribution in [0.25, 0.3) is 11.7 Å². The van der Waals surface area contributed by atoms with E-state index in [1.54, 1.807) is 26.2 Å². The number of rotatable bonds is 7.